The first kappa shape index (κ1) is 14.1. The van der Waals surface area contributed by atoms with Crippen LogP contribution in [-0.4, -0.2) is 6.54 Å². The summed E-state index contributed by atoms with van der Waals surface area (Å²) < 4.78 is 14.2. The topological polar surface area (TPSA) is 3.24 Å². The van der Waals surface area contributed by atoms with E-state index < -0.39 is 0 Å². The van der Waals surface area contributed by atoms with E-state index in [1.165, 1.54) is 5.56 Å². The minimum atomic E-state index is -0.180. The van der Waals surface area contributed by atoms with Crippen molar-refractivity contribution in [3.63, 3.8) is 0 Å². The van der Waals surface area contributed by atoms with E-state index in [-0.39, 0.29) is 5.82 Å². The highest BCUT2D eigenvalue weighted by molar-refractivity contribution is 9.08. The highest BCUT2D eigenvalue weighted by Crippen LogP contribution is 2.29. The molecule has 0 atom stereocenters. The SMILES string of the molecule is CCN(c1cccc(C)c1)c1ccc(CBr)cc1F. The van der Waals surface area contributed by atoms with Gasteiger partial charge in [-0.1, -0.05) is 34.1 Å². The number of anilines is 2. The van der Waals surface area contributed by atoms with Crippen LogP contribution in [0.25, 0.3) is 0 Å². The summed E-state index contributed by atoms with van der Waals surface area (Å²) in [6.07, 6.45) is 0. The van der Waals surface area contributed by atoms with Crippen molar-refractivity contribution in [2.75, 3.05) is 11.4 Å². The maximum atomic E-state index is 14.2. The molecule has 3 heteroatoms. The summed E-state index contributed by atoms with van der Waals surface area (Å²) in [5.41, 5.74) is 3.76. The van der Waals surface area contributed by atoms with E-state index in [4.69, 9.17) is 0 Å². The van der Waals surface area contributed by atoms with Crippen LogP contribution in [0.15, 0.2) is 42.5 Å². The molecule has 2 rings (SSSR count). The summed E-state index contributed by atoms with van der Waals surface area (Å²) in [6, 6.07) is 13.5. The number of hydrogen-bond acceptors (Lipinski definition) is 1. The van der Waals surface area contributed by atoms with E-state index in [2.05, 4.69) is 22.0 Å². The molecule has 0 bridgehead atoms. The average molecular weight is 322 g/mol. The normalized spacial score (nSPS) is 10.5. The largest absolute Gasteiger partial charge is 0.339 e. The zero-order chi connectivity index (χ0) is 13.8. The van der Waals surface area contributed by atoms with Gasteiger partial charge in [0.1, 0.15) is 5.82 Å². The Morgan fingerprint density at radius 3 is 2.53 bits per heavy atom. The van der Waals surface area contributed by atoms with Gasteiger partial charge in [0.15, 0.2) is 0 Å². The Hall–Kier alpha value is -1.35. The molecule has 0 fully saturated rings. The van der Waals surface area contributed by atoms with Crippen LogP contribution >= 0.6 is 15.9 Å². The molecule has 1 nitrogen and oxygen atoms in total. The standard InChI is InChI=1S/C16H17BrFN/c1-3-19(14-6-4-5-12(2)9-14)16-8-7-13(11-17)10-15(16)18/h4-10H,3,11H2,1-2H3. The molecule has 0 aliphatic carbocycles. The molecule has 2 aromatic rings. The number of aryl methyl sites for hydroxylation is 1. The summed E-state index contributed by atoms with van der Waals surface area (Å²) >= 11 is 3.34. The van der Waals surface area contributed by atoms with Gasteiger partial charge in [-0.15, -0.1) is 0 Å². The van der Waals surface area contributed by atoms with Crippen molar-refractivity contribution in [2.45, 2.75) is 19.2 Å². The van der Waals surface area contributed by atoms with Gasteiger partial charge < -0.3 is 4.90 Å². The van der Waals surface area contributed by atoms with E-state index in [0.29, 0.717) is 11.0 Å². The quantitative estimate of drug-likeness (QED) is 0.701. The summed E-state index contributed by atoms with van der Waals surface area (Å²) in [5.74, 6) is -0.180. The smallest absolute Gasteiger partial charge is 0.147 e. The first-order valence-electron chi connectivity index (χ1n) is 6.34. The highest BCUT2D eigenvalue weighted by atomic mass is 79.9. The van der Waals surface area contributed by atoms with Gasteiger partial charge in [-0.2, -0.15) is 0 Å². The van der Waals surface area contributed by atoms with Crippen molar-refractivity contribution in [2.24, 2.45) is 0 Å². The van der Waals surface area contributed by atoms with Crippen molar-refractivity contribution in [1.82, 2.24) is 0 Å². The lowest BCUT2D eigenvalue weighted by molar-refractivity contribution is 0.624. The molecule has 0 aliphatic rings. The maximum Gasteiger partial charge on any atom is 0.147 e. The molecule has 0 aromatic heterocycles. The van der Waals surface area contributed by atoms with E-state index in [0.717, 1.165) is 17.8 Å². The van der Waals surface area contributed by atoms with Gasteiger partial charge in [0.25, 0.3) is 0 Å². The monoisotopic (exact) mass is 321 g/mol. The van der Waals surface area contributed by atoms with Crippen LogP contribution in [0.3, 0.4) is 0 Å². The zero-order valence-corrected chi connectivity index (χ0v) is 12.7. The molecule has 0 radical (unpaired) electrons. The van der Waals surface area contributed by atoms with Crippen molar-refractivity contribution < 1.29 is 4.39 Å². The predicted molar refractivity (Wildman–Crippen MR) is 82.9 cm³/mol. The summed E-state index contributed by atoms with van der Waals surface area (Å²) in [5, 5.41) is 0.667. The van der Waals surface area contributed by atoms with Crippen molar-refractivity contribution in [1.29, 1.82) is 0 Å². The fraction of sp³-hybridized carbons (Fsp3) is 0.250. The first-order chi connectivity index (χ1) is 9.15. The third-order valence-corrected chi connectivity index (χ3v) is 3.73. The van der Waals surface area contributed by atoms with Gasteiger partial charge in [-0.05, 0) is 49.2 Å². The minimum absolute atomic E-state index is 0.180. The number of halogens is 2. The number of benzene rings is 2. The molecule has 0 saturated carbocycles. The molecule has 0 saturated heterocycles. The van der Waals surface area contributed by atoms with Gasteiger partial charge in [0, 0.05) is 17.6 Å². The predicted octanol–water partition coefficient (Wildman–Crippen LogP) is 5.19. The summed E-state index contributed by atoms with van der Waals surface area (Å²) in [6.45, 7) is 4.80. The van der Waals surface area contributed by atoms with Gasteiger partial charge in [0.2, 0.25) is 0 Å². The Bertz CT molecular complexity index is 568. The second kappa shape index (κ2) is 6.20. The van der Waals surface area contributed by atoms with Crippen LogP contribution in [-0.2, 0) is 5.33 Å². The fourth-order valence-corrected chi connectivity index (χ4v) is 2.49. The van der Waals surface area contributed by atoms with Crippen LogP contribution in [0.5, 0.6) is 0 Å². The third-order valence-electron chi connectivity index (χ3n) is 3.09. The molecule has 0 aliphatic heterocycles. The molecular weight excluding hydrogens is 305 g/mol. The van der Waals surface area contributed by atoms with Crippen molar-refractivity contribution in [3.05, 3.63) is 59.4 Å². The summed E-state index contributed by atoms with van der Waals surface area (Å²) in [7, 11) is 0. The lowest BCUT2D eigenvalue weighted by atomic mass is 10.1. The van der Waals surface area contributed by atoms with Crippen LogP contribution in [0, 0.1) is 12.7 Å². The number of rotatable bonds is 4. The Balaban J connectivity index is 2.42. The van der Waals surface area contributed by atoms with Crippen molar-refractivity contribution >= 4 is 27.3 Å². The highest BCUT2D eigenvalue weighted by Gasteiger charge is 2.12. The van der Waals surface area contributed by atoms with Crippen LogP contribution in [0.2, 0.25) is 0 Å². The Labute approximate surface area is 122 Å². The van der Waals surface area contributed by atoms with E-state index in [1.807, 2.05) is 49.1 Å². The Morgan fingerprint density at radius 2 is 1.95 bits per heavy atom. The molecule has 0 N–H and O–H groups in total. The number of hydrogen-bond donors (Lipinski definition) is 0. The lowest BCUT2D eigenvalue weighted by Crippen LogP contribution is -2.17. The van der Waals surface area contributed by atoms with Crippen LogP contribution in [0.1, 0.15) is 18.1 Å². The van der Waals surface area contributed by atoms with E-state index in [1.54, 1.807) is 6.07 Å². The molecule has 0 spiro atoms. The van der Waals surface area contributed by atoms with Gasteiger partial charge in [-0.25, -0.2) is 4.39 Å². The van der Waals surface area contributed by atoms with Gasteiger partial charge in [-0.3, -0.25) is 0 Å². The molecule has 2 aromatic carbocycles. The van der Waals surface area contributed by atoms with Gasteiger partial charge >= 0.3 is 0 Å². The molecule has 0 heterocycles. The van der Waals surface area contributed by atoms with Crippen LogP contribution < -0.4 is 4.90 Å². The summed E-state index contributed by atoms with van der Waals surface area (Å²) in [4.78, 5) is 1.99. The van der Waals surface area contributed by atoms with E-state index >= 15 is 0 Å². The second-order valence-electron chi connectivity index (χ2n) is 4.50. The third kappa shape index (κ3) is 3.16. The average Bonchev–Trinajstić information content (AvgIpc) is 2.41. The fourth-order valence-electron chi connectivity index (χ4n) is 2.14. The molecule has 0 amide bonds. The molecule has 100 valence electrons. The van der Waals surface area contributed by atoms with Gasteiger partial charge in [0.05, 0.1) is 5.69 Å². The lowest BCUT2D eigenvalue weighted by Gasteiger charge is -2.24. The van der Waals surface area contributed by atoms with E-state index in [9.17, 15) is 4.39 Å². The number of nitrogens with zero attached hydrogens (tertiary/aromatic N) is 1. The Kier molecular flexibility index (Phi) is 4.59. The first-order valence-corrected chi connectivity index (χ1v) is 7.46. The van der Waals surface area contributed by atoms with Crippen LogP contribution in [0.4, 0.5) is 15.8 Å². The molecule has 0 unspecified atom stereocenters. The Morgan fingerprint density at radius 1 is 1.16 bits per heavy atom. The maximum absolute atomic E-state index is 14.2. The second-order valence-corrected chi connectivity index (χ2v) is 5.06. The minimum Gasteiger partial charge on any atom is -0.339 e. The zero-order valence-electron chi connectivity index (χ0n) is 11.2. The molecular formula is C16H17BrFN. The number of alkyl halides is 1. The van der Waals surface area contributed by atoms with Crippen molar-refractivity contribution in [3.8, 4) is 0 Å². The molecule has 19 heavy (non-hydrogen) atoms.